The molecule has 1 aliphatic carbocycles. The van der Waals surface area contributed by atoms with Crippen LogP contribution in [0.3, 0.4) is 0 Å². The molecule has 47 heavy (non-hydrogen) atoms. The van der Waals surface area contributed by atoms with E-state index < -0.39 is 85.0 Å². The number of amides is 6. The average molecular weight is 670 g/mol. The summed E-state index contributed by atoms with van der Waals surface area (Å²) < 4.78 is 5.01. The SMILES string of the molecule is CCCOC(=O)N[C@@H](CCCCN=C(N)N)C(=O)NC(CCC(=O)O)C(=O)N[C@@H](CC(N)=O)C(=O)NC(CC1CCCCC1)C(N)=O. The first-order valence-corrected chi connectivity index (χ1v) is 15.9. The fourth-order valence-corrected chi connectivity index (χ4v) is 5.08. The Bertz CT molecular complexity index is 1110. The number of nitrogens with one attached hydrogen (secondary N) is 4. The van der Waals surface area contributed by atoms with E-state index in [1.165, 1.54) is 0 Å². The number of carbonyl (C=O) groups excluding carboxylic acids is 6. The number of hydrogen-bond acceptors (Lipinski definition) is 9. The first-order chi connectivity index (χ1) is 22.2. The predicted molar refractivity (Wildman–Crippen MR) is 170 cm³/mol. The molecule has 1 aliphatic rings. The van der Waals surface area contributed by atoms with E-state index in [1.54, 1.807) is 6.92 Å². The molecule has 266 valence electrons. The van der Waals surface area contributed by atoms with E-state index in [9.17, 15) is 38.7 Å². The van der Waals surface area contributed by atoms with Crippen molar-refractivity contribution in [2.24, 2.45) is 33.8 Å². The van der Waals surface area contributed by atoms with Gasteiger partial charge in [-0.3, -0.25) is 33.8 Å². The first-order valence-electron chi connectivity index (χ1n) is 15.9. The maximum atomic E-state index is 13.4. The summed E-state index contributed by atoms with van der Waals surface area (Å²) in [6.07, 6.45) is 4.04. The molecule has 18 heteroatoms. The van der Waals surface area contributed by atoms with E-state index >= 15 is 0 Å². The zero-order valence-electron chi connectivity index (χ0n) is 27.0. The average Bonchev–Trinajstić information content (AvgIpc) is 3.00. The van der Waals surface area contributed by atoms with Gasteiger partial charge in [0.15, 0.2) is 5.96 Å². The number of rotatable bonds is 22. The lowest BCUT2D eigenvalue weighted by atomic mass is 9.84. The van der Waals surface area contributed by atoms with Crippen LogP contribution in [-0.4, -0.2) is 90.0 Å². The van der Waals surface area contributed by atoms with Gasteiger partial charge in [-0.05, 0) is 44.4 Å². The fourth-order valence-electron chi connectivity index (χ4n) is 5.08. The van der Waals surface area contributed by atoms with Crippen molar-refractivity contribution in [3.63, 3.8) is 0 Å². The fraction of sp³-hybridized carbons (Fsp3) is 0.724. The van der Waals surface area contributed by atoms with E-state index in [0.29, 0.717) is 19.3 Å². The minimum atomic E-state index is -1.56. The van der Waals surface area contributed by atoms with Gasteiger partial charge in [0.25, 0.3) is 0 Å². The summed E-state index contributed by atoms with van der Waals surface area (Å²) in [7, 11) is 0. The molecule has 1 fully saturated rings. The smallest absolute Gasteiger partial charge is 0.407 e. The molecule has 0 heterocycles. The van der Waals surface area contributed by atoms with Crippen LogP contribution in [0.2, 0.25) is 0 Å². The topological polar surface area (TPSA) is 314 Å². The molecule has 6 amide bonds. The number of alkyl carbamates (subject to hydrolysis) is 1. The Morgan fingerprint density at radius 2 is 1.36 bits per heavy atom. The molecule has 1 rings (SSSR count). The second-order valence-corrected chi connectivity index (χ2v) is 11.6. The molecule has 0 aromatic rings. The van der Waals surface area contributed by atoms with Crippen molar-refractivity contribution in [1.29, 1.82) is 0 Å². The van der Waals surface area contributed by atoms with Gasteiger partial charge in [0, 0.05) is 13.0 Å². The zero-order valence-corrected chi connectivity index (χ0v) is 27.0. The molecule has 0 saturated heterocycles. The summed E-state index contributed by atoms with van der Waals surface area (Å²) in [4.78, 5) is 91.4. The lowest BCUT2D eigenvalue weighted by Crippen LogP contribution is -2.58. The number of nitrogens with zero attached hydrogens (tertiary/aromatic N) is 1. The number of carbonyl (C=O) groups is 7. The monoisotopic (exact) mass is 669 g/mol. The third-order valence-electron chi connectivity index (χ3n) is 7.51. The minimum absolute atomic E-state index is 0.0858. The molecule has 0 aliphatic heterocycles. The highest BCUT2D eigenvalue weighted by Crippen LogP contribution is 2.27. The number of hydrogen-bond donors (Lipinski definition) is 9. The molecule has 2 unspecified atom stereocenters. The summed E-state index contributed by atoms with van der Waals surface area (Å²) >= 11 is 0. The first kappa shape index (κ1) is 40.4. The number of guanidine groups is 1. The van der Waals surface area contributed by atoms with Crippen molar-refractivity contribution in [1.82, 2.24) is 21.3 Å². The Kier molecular flexibility index (Phi) is 18.9. The lowest BCUT2D eigenvalue weighted by Gasteiger charge is -2.28. The van der Waals surface area contributed by atoms with Crippen LogP contribution in [0.1, 0.15) is 90.4 Å². The molecule has 1 saturated carbocycles. The molecule has 13 N–H and O–H groups in total. The Hall–Kier alpha value is -4.64. The Labute approximate surface area is 273 Å². The van der Waals surface area contributed by atoms with E-state index in [4.69, 9.17) is 27.7 Å². The molecule has 0 spiro atoms. The third kappa shape index (κ3) is 17.6. The second-order valence-electron chi connectivity index (χ2n) is 11.6. The molecule has 0 bridgehead atoms. The van der Waals surface area contributed by atoms with E-state index in [0.717, 1.165) is 32.1 Å². The number of nitrogens with two attached hydrogens (primary N) is 4. The van der Waals surface area contributed by atoms with Gasteiger partial charge in [-0.15, -0.1) is 0 Å². The van der Waals surface area contributed by atoms with Gasteiger partial charge < -0.3 is 54.0 Å². The number of carboxylic acids is 1. The summed E-state index contributed by atoms with van der Waals surface area (Å²) in [6.45, 7) is 2.14. The van der Waals surface area contributed by atoms with Crippen LogP contribution in [0.25, 0.3) is 0 Å². The highest BCUT2D eigenvalue weighted by atomic mass is 16.5. The van der Waals surface area contributed by atoms with Gasteiger partial charge in [0.1, 0.15) is 24.2 Å². The maximum absolute atomic E-state index is 13.4. The highest BCUT2D eigenvalue weighted by molar-refractivity contribution is 5.97. The Balaban J connectivity index is 3.11. The minimum Gasteiger partial charge on any atom is -0.481 e. The van der Waals surface area contributed by atoms with Crippen molar-refractivity contribution in [3.8, 4) is 0 Å². The van der Waals surface area contributed by atoms with Crippen LogP contribution in [0.15, 0.2) is 4.99 Å². The second kappa shape index (κ2) is 22.0. The van der Waals surface area contributed by atoms with Crippen LogP contribution < -0.4 is 44.2 Å². The Morgan fingerprint density at radius 3 is 1.91 bits per heavy atom. The van der Waals surface area contributed by atoms with Crippen LogP contribution in [-0.2, 0) is 33.5 Å². The van der Waals surface area contributed by atoms with Gasteiger partial charge >= 0.3 is 12.1 Å². The van der Waals surface area contributed by atoms with Crippen LogP contribution >= 0.6 is 0 Å². The lowest BCUT2D eigenvalue weighted by molar-refractivity contribution is -0.138. The van der Waals surface area contributed by atoms with Gasteiger partial charge in [0.05, 0.1) is 13.0 Å². The van der Waals surface area contributed by atoms with Crippen LogP contribution in [0, 0.1) is 5.92 Å². The molecule has 0 aromatic heterocycles. The van der Waals surface area contributed by atoms with Crippen molar-refractivity contribution in [2.45, 2.75) is 115 Å². The standard InChI is InChI=1S/C29H51N9O9/c1-2-14-47-29(46)38-18(10-6-7-13-34-28(32)33)25(43)35-19(11-12-23(40)41)26(44)37-21(16-22(30)39)27(45)36-20(24(31)42)15-17-8-4-3-5-9-17/h17-21H,2-16H2,1H3,(H2,30,39)(H2,31,42)(H,35,43)(H,36,45)(H,37,44)(H,38,46)(H,40,41)(H4,32,33,34)/t18-,19?,20?,21-/m0/s1. The predicted octanol–water partition coefficient (Wildman–Crippen LogP) is -1.41. The maximum Gasteiger partial charge on any atom is 0.407 e. The van der Waals surface area contributed by atoms with E-state index in [2.05, 4.69) is 26.3 Å². The third-order valence-corrected chi connectivity index (χ3v) is 7.51. The van der Waals surface area contributed by atoms with E-state index in [-0.39, 0.29) is 37.9 Å². The van der Waals surface area contributed by atoms with Gasteiger partial charge in [-0.25, -0.2) is 4.79 Å². The highest BCUT2D eigenvalue weighted by Gasteiger charge is 2.33. The van der Waals surface area contributed by atoms with Crippen molar-refractivity contribution in [3.05, 3.63) is 0 Å². The van der Waals surface area contributed by atoms with Crippen molar-refractivity contribution < 1.29 is 43.4 Å². The Morgan fingerprint density at radius 1 is 0.787 bits per heavy atom. The largest absolute Gasteiger partial charge is 0.481 e. The summed E-state index contributed by atoms with van der Waals surface area (Å²) in [5.74, 6) is -5.68. The van der Waals surface area contributed by atoms with E-state index in [1.807, 2.05) is 0 Å². The van der Waals surface area contributed by atoms with Crippen molar-refractivity contribution >= 4 is 47.6 Å². The quantitative estimate of drug-likeness (QED) is 0.0366. The molecule has 0 radical (unpaired) electrons. The number of aliphatic imine (C=N–C) groups is 1. The van der Waals surface area contributed by atoms with Crippen molar-refractivity contribution in [2.75, 3.05) is 13.2 Å². The molecular formula is C29H51N9O9. The normalized spacial score (nSPS) is 15.5. The number of aliphatic carboxylic acids is 1. The number of primary amides is 2. The van der Waals surface area contributed by atoms with Crippen LogP contribution in [0.5, 0.6) is 0 Å². The van der Waals surface area contributed by atoms with Gasteiger partial charge in [0.2, 0.25) is 29.5 Å². The molecule has 0 aromatic carbocycles. The summed E-state index contributed by atoms with van der Waals surface area (Å²) in [5.41, 5.74) is 21.5. The molecule has 18 nitrogen and oxygen atoms in total. The zero-order chi connectivity index (χ0) is 35.4. The summed E-state index contributed by atoms with van der Waals surface area (Å²) in [6, 6.07) is -5.33. The summed E-state index contributed by atoms with van der Waals surface area (Å²) in [5, 5.41) is 19.0. The van der Waals surface area contributed by atoms with Gasteiger partial charge in [-0.1, -0.05) is 39.0 Å². The number of unbranched alkanes of at least 4 members (excludes halogenated alkanes) is 1. The number of carboxylic acid groups (broad SMARTS) is 1. The van der Waals surface area contributed by atoms with Crippen LogP contribution in [0.4, 0.5) is 4.79 Å². The van der Waals surface area contributed by atoms with Gasteiger partial charge in [-0.2, -0.15) is 0 Å². The molecular weight excluding hydrogens is 618 g/mol. The number of ether oxygens (including phenoxy) is 1. The molecule has 4 atom stereocenters.